The molecule has 1 aromatic carbocycles. The third-order valence-corrected chi connectivity index (χ3v) is 4.50. The summed E-state index contributed by atoms with van der Waals surface area (Å²) in [7, 11) is -1.18. The van der Waals surface area contributed by atoms with Gasteiger partial charge >= 0.3 is 0 Å². The average molecular weight is 256 g/mol. The molecule has 1 aliphatic heterocycles. The number of alkyl halides is 1. The Hall–Kier alpha value is -0.740. The molecule has 94 valence electrons. The van der Waals surface area contributed by atoms with Crippen LogP contribution in [0.4, 0.5) is 4.39 Å². The second-order valence-electron chi connectivity index (χ2n) is 4.62. The summed E-state index contributed by atoms with van der Waals surface area (Å²) in [6.45, 7) is 4.22. The van der Waals surface area contributed by atoms with Crippen molar-refractivity contribution < 1.29 is 13.3 Å². The van der Waals surface area contributed by atoms with E-state index in [4.69, 9.17) is 4.74 Å². The van der Waals surface area contributed by atoms with Crippen LogP contribution in [0.3, 0.4) is 0 Å². The molecule has 0 unspecified atom stereocenters. The van der Waals surface area contributed by atoms with Crippen molar-refractivity contribution in [3.8, 4) is 0 Å². The summed E-state index contributed by atoms with van der Waals surface area (Å²) >= 11 is 0. The molecule has 1 heterocycles. The highest BCUT2D eigenvalue weighted by Crippen LogP contribution is 2.24. The second kappa shape index (κ2) is 5.27. The van der Waals surface area contributed by atoms with Gasteiger partial charge in [0.05, 0.1) is 23.2 Å². The van der Waals surface area contributed by atoms with Gasteiger partial charge in [-0.05, 0) is 19.1 Å². The minimum Gasteiger partial charge on any atom is -0.374 e. The molecule has 2 nitrogen and oxygen atoms in total. The van der Waals surface area contributed by atoms with Gasteiger partial charge in [-0.15, -0.1) is 0 Å². The molecule has 4 heteroatoms. The average Bonchev–Trinajstić information content (AvgIpc) is 2.62. The van der Waals surface area contributed by atoms with Gasteiger partial charge in [0.2, 0.25) is 0 Å². The van der Waals surface area contributed by atoms with Crippen LogP contribution in [0, 0.1) is 12.8 Å². The van der Waals surface area contributed by atoms with Crippen molar-refractivity contribution in [3.05, 3.63) is 29.8 Å². The summed E-state index contributed by atoms with van der Waals surface area (Å²) in [6.07, 6.45) is -1.52. The van der Waals surface area contributed by atoms with Crippen LogP contribution in [-0.2, 0) is 15.5 Å². The summed E-state index contributed by atoms with van der Waals surface area (Å²) in [5, 5.41) is 0. The van der Waals surface area contributed by atoms with Gasteiger partial charge in [0, 0.05) is 10.8 Å². The van der Waals surface area contributed by atoms with Gasteiger partial charge < -0.3 is 4.74 Å². The van der Waals surface area contributed by atoms with E-state index in [1.807, 2.05) is 38.1 Å². The third kappa shape index (κ3) is 2.93. The van der Waals surface area contributed by atoms with Crippen LogP contribution in [-0.4, -0.2) is 28.8 Å². The Bertz CT molecular complexity index is 404. The van der Waals surface area contributed by atoms with E-state index in [1.54, 1.807) is 0 Å². The van der Waals surface area contributed by atoms with E-state index in [0.29, 0.717) is 6.61 Å². The predicted octanol–water partition coefficient (Wildman–Crippen LogP) is 2.48. The Morgan fingerprint density at radius 3 is 2.59 bits per heavy atom. The summed E-state index contributed by atoms with van der Waals surface area (Å²) in [5.41, 5.74) is 1.12. The highest BCUT2D eigenvalue weighted by Gasteiger charge is 2.35. The lowest BCUT2D eigenvalue weighted by Gasteiger charge is -2.12. The zero-order valence-electron chi connectivity index (χ0n) is 10.1. The maximum Gasteiger partial charge on any atom is 0.132 e. The van der Waals surface area contributed by atoms with Gasteiger partial charge in [-0.25, -0.2) is 4.39 Å². The fourth-order valence-electron chi connectivity index (χ4n) is 1.90. The number of aryl methyl sites for hydroxylation is 1. The fraction of sp³-hybridized carbons (Fsp3) is 0.538. The standard InChI is InChI=1S/C13H17FO2S/c1-9-3-5-11(6-4-9)17(15)8-12-13(14)10(2)7-16-12/h3-6,10,12-13H,7-8H2,1-2H3/t10-,12+,13-,17-/m0/s1. The zero-order chi connectivity index (χ0) is 12.4. The van der Waals surface area contributed by atoms with Gasteiger partial charge in [0.15, 0.2) is 0 Å². The van der Waals surface area contributed by atoms with Crippen LogP contribution >= 0.6 is 0 Å². The zero-order valence-corrected chi connectivity index (χ0v) is 10.9. The Kier molecular flexibility index (Phi) is 3.94. The van der Waals surface area contributed by atoms with Crippen molar-refractivity contribution >= 4 is 10.8 Å². The Morgan fingerprint density at radius 2 is 2.06 bits per heavy atom. The molecule has 0 amide bonds. The third-order valence-electron chi connectivity index (χ3n) is 3.07. The molecular weight excluding hydrogens is 239 g/mol. The highest BCUT2D eigenvalue weighted by atomic mass is 32.2. The first-order valence-corrected chi connectivity index (χ1v) is 7.10. The monoisotopic (exact) mass is 256 g/mol. The molecule has 4 atom stereocenters. The normalized spacial score (nSPS) is 30.4. The number of ether oxygens (including phenoxy) is 1. The van der Waals surface area contributed by atoms with Crippen molar-refractivity contribution in [3.63, 3.8) is 0 Å². The van der Waals surface area contributed by atoms with Crippen molar-refractivity contribution in [2.45, 2.75) is 31.0 Å². The van der Waals surface area contributed by atoms with E-state index in [-0.39, 0.29) is 11.7 Å². The number of benzene rings is 1. The molecular formula is C13H17FO2S. The maximum absolute atomic E-state index is 13.7. The second-order valence-corrected chi connectivity index (χ2v) is 6.11. The molecule has 0 radical (unpaired) electrons. The first-order chi connectivity index (χ1) is 8.08. The molecule has 1 fully saturated rings. The van der Waals surface area contributed by atoms with Crippen molar-refractivity contribution in [2.75, 3.05) is 12.4 Å². The molecule has 0 saturated carbocycles. The van der Waals surface area contributed by atoms with E-state index in [2.05, 4.69) is 0 Å². The molecule has 0 aliphatic carbocycles. The number of rotatable bonds is 3. The summed E-state index contributed by atoms with van der Waals surface area (Å²) in [4.78, 5) is 0.742. The van der Waals surface area contributed by atoms with E-state index in [1.165, 1.54) is 0 Å². The summed E-state index contributed by atoms with van der Waals surface area (Å²) in [6, 6.07) is 7.49. The highest BCUT2D eigenvalue weighted by molar-refractivity contribution is 7.85. The van der Waals surface area contributed by atoms with Crippen LogP contribution in [0.15, 0.2) is 29.2 Å². The SMILES string of the molecule is Cc1ccc([S@@](=O)C[C@H]2OC[C@H](C)[C@@H]2F)cc1. The first-order valence-electron chi connectivity index (χ1n) is 5.78. The van der Waals surface area contributed by atoms with Crippen molar-refractivity contribution in [1.82, 2.24) is 0 Å². The molecule has 2 rings (SSSR count). The first kappa shape index (κ1) is 12.7. The molecule has 1 saturated heterocycles. The van der Waals surface area contributed by atoms with Crippen molar-refractivity contribution in [2.24, 2.45) is 5.92 Å². The molecule has 0 spiro atoms. The van der Waals surface area contributed by atoms with E-state index in [9.17, 15) is 8.60 Å². The quantitative estimate of drug-likeness (QED) is 0.830. The lowest BCUT2D eigenvalue weighted by molar-refractivity contribution is 0.0955. The molecule has 17 heavy (non-hydrogen) atoms. The minimum absolute atomic E-state index is 0.0879. The number of halogens is 1. The Morgan fingerprint density at radius 1 is 1.41 bits per heavy atom. The summed E-state index contributed by atoms with van der Waals surface area (Å²) in [5.74, 6) is 0.157. The number of hydrogen-bond donors (Lipinski definition) is 0. The lowest BCUT2D eigenvalue weighted by atomic mass is 10.1. The van der Waals surface area contributed by atoms with Crippen LogP contribution in [0.1, 0.15) is 12.5 Å². The van der Waals surface area contributed by atoms with Crippen LogP contribution < -0.4 is 0 Å². The smallest absolute Gasteiger partial charge is 0.132 e. The van der Waals surface area contributed by atoms with Gasteiger partial charge in [0.1, 0.15) is 12.3 Å². The molecule has 0 N–H and O–H groups in total. The molecule has 1 aromatic rings. The van der Waals surface area contributed by atoms with Crippen LogP contribution in [0.25, 0.3) is 0 Å². The Balaban J connectivity index is 2.00. The maximum atomic E-state index is 13.7. The van der Waals surface area contributed by atoms with Crippen molar-refractivity contribution in [1.29, 1.82) is 0 Å². The van der Waals surface area contributed by atoms with E-state index >= 15 is 0 Å². The molecule has 1 aliphatic rings. The topological polar surface area (TPSA) is 26.3 Å². The molecule has 0 bridgehead atoms. The van der Waals surface area contributed by atoms with Crippen LogP contribution in [0.2, 0.25) is 0 Å². The lowest BCUT2D eigenvalue weighted by Crippen LogP contribution is -2.26. The van der Waals surface area contributed by atoms with E-state index in [0.717, 1.165) is 10.5 Å². The largest absolute Gasteiger partial charge is 0.374 e. The fourth-order valence-corrected chi connectivity index (χ4v) is 3.11. The molecule has 0 aromatic heterocycles. The van der Waals surface area contributed by atoms with E-state index < -0.39 is 23.1 Å². The van der Waals surface area contributed by atoms with Gasteiger partial charge in [0.25, 0.3) is 0 Å². The summed E-state index contributed by atoms with van der Waals surface area (Å²) < 4.78 is 31.0. The van der Waals surface area contributed by atoms with Gasteiger partial charge in [-0.1, -0.05) is 24.6 Å². The van der Waals surface area contributed by atoms with Gasteiger partial charge in [-0.3, -0.25) is 4.21 Å². The van der Waals surface area contributed by atoms with Gasteiger partial charge in [-0.2, -0.15) is 0 Å². The Labute approximate surface area is 104 Å². The minimum atomic E-state index is -1.18. The predicted molar refractivity (Wildman–Crippen MR) is 66.3 cm³/mol. The number of hydrogen-bond acceptors (Lipinski definition) is 2. The van der Waals surface area contributed by atoms with Crippen LogP contribution in [0.5, 0.6) is 0 Å².